The summed E-state index contributed by atoms with van der Waals surface area (Å²) in [6.45, 7) is 1.98. The molecule has 3 aromatic rings. The summed E-state index contributed by atoms with van der Waals surface area (Å²) < 4.78 is 30.3. The van der Waals surface area contributed by atoms with Gasteiger partial charge in [-0.2, -0.15) is 5.26 Å². The molecule has 0 spiro atoms. The van der Waals surface area contributed by atoms with Crippen molar-refractivity contribution in [2.24, 2.45) is 11.1 Å². The Morgan fingerprint density at radius 2 is 1.93 bits per heavy atom. The van der Waals surface area contributed by atoms with Crippen molar-refractivity contribution in [1.82, 2.24) is 24.8 Å². The van der Waals surface area contributed by atoms with Crippen molar-refractivity contribution in [1.29, 1.82) is 5.26 Å². The highest BCUT2D eigenvalue weighted by Crippen LogP contribution is 2.39. The average Bonchev–Trinajstić information content (AvgIpc) is 3.41. The Balaban J connectivity index is 1.70. The summed E-state index contributed by atoms with van der Waals surface area (Å²) in [7, 11) is 3.98. The third kappa shape index (κ3) is 6.49. The van der Waals surface area contributed by atoms with Gasteiger partial charge in [-0.1, -0.05) is 0 Å². The SMILES string of the molecule is CN(C)CCCNc1nccc(-c2[nH]c(C3(C(N)=O)OCC(C)(C(=O)OCC#N)CO3)nc2-c2ccc(F)cc2)n1. The maximum absolute atomic E-state index is 13.7. The quantitative estimate of drug-likeness (QED) is 0.227. The number of hydrogen-bond donors (Lipinski definition) is 3. The van der Waals surface area contributed by atoms with E-state index in [1.165, 1.54) is 31.2 Å². The third-order valence-corrected chi connectivity index (χ3v) is 6.38. The third-order valence-electron chi connectivity index (χ3n) is 6.38. The molecule has 4 N–H and O–H groups in total. The Hall–Kier alpha value is -4.45. The minimum absolute atomic E-state index is 0.0918. The molecule has 216 valence electrons. The molecule has 0 aliphatic carbocycles. The minimum atomic E-state index is -2.18. The number of amides is 1. The molecule has 1 aliphatic heterocycles. The topological polar surface area (TPSA) is 181 Å². The highest BCUT2D eigenvalue weighted by Gasteiger charge is 2.54. The summed E-state index contributed by atoms with van der Waals surface area (Å²) in [6.07, 6.45) is 2.44. The lowest BCUT2D eigenvalue weighted by Crippen LogP contribution is -2.56. The average molecular weight is 567 g/mol. The van der Waals surface area contributed by atoms with Gasteiger partial charge in [0.1, 0.15) is 17.3 Å². The molecule has 0 atom stereocenters. The Kier molecular flexibility index (Phi) is 8.92. The number of aromatic amines is 1. The van der Waals surface area contributed by atoms with E-state index in [4.69, 9.17) is 25.2 Å². The lowest BCUT2D eigenvalue weighted by Gasteiger charge is -2.40. The van der Waals surface area contributed by atoms with Crippen molar-refractivity contribution in [3.8, 4) is 28.7 Å². The number of primary amides is 1. The molecule has 0 radical (unpaired) electrons. The first-order valence-corrected chi connectivity index (χ1v) is 12.8. The molecule has 4 rings (SSSR count). The predicted molar refractivity (Wildman–Crippen MR) is 144 cm³/mol. The number of rotatable bonds is 11. The first-order valence-electron chi connectivity index (χ1n) is 12.8. The van der Waals surface area contributed by atoms with Crippen molar-refractivity contribution in [3.63, 3.8) is 0 Å². The summed E-state index contributed by atoms with van der Waals surface area (Å²) in [5.41, 5.74) is 6.09. The number of nitrogens with two attached hydrogens (primary N) is 1. The van der Waals surface area contributed by atoms with Crippen LogP contribution in [0.1, 0.15) is 19.2 Å². The largest absolute Gasteiger partial charge is 0.450 e. The second-order valence-electron chi connectivity index (χ2n) is 10.0. The van der Waals surface area contributed by atoms with Gasteiger partial charge in [-0.05, 0) is 64.3 Å². The van der Waals surface area contributed by atoms with Crippen LogP contribution in [0.25, 0.3) is 22.6 Å². The van der Waals surface area contributed by atoms with Crippen LogP contribution in [-0.4, -0.2) is 83.7 Å². The minimum Gasteiger partial charge on any atom is -0.450 e. The number of H-pyrrole nitrogens is 1. The number of hydrogen-bond acceptors (Lipinski definition) is 11. The van der Waals surface area contributed by atoms with Gasteiger partial charge in [0.2, 0.25) is 5.95 Å². The van der Waals surface area contributed by atoms with Crippen molar-refractivity contribution in [3.05, 3.63) is 48.2 Å². The van der Waals surface area contributed by atoms with E-state index in [9.17, 15) is 14.0 Å². The van der Waals surface area contributed by atoms with E-state index < -0.39 is 35.5 Å². The van der Waals surface area contributed by atoms with Gasteiger partial charge in [0.05, 0.1) is 30.3 Å². The van der Waals surface area contributed by atoms with E-state index in [-0.39, 0.29) is 19.0 Å². The fraction of sp³-hybridized carbons (Fsp3) is 0.407. The predicted octanol–water partition coefficient (Wildman–Crippen LogP) is 1.79. The van der Waals surface area contributed by atoms with Gasteiger partial charge >= 0.3 is 11.8 Å². The Morgan fingerprint density at radius 3 is 2.56 bits per heavy atom. The molecule has 1 aromatic carbocycles. The van der Waals surface area contributed by atoms with Gasteiger partial charge in [-0.15, -0.1) is 0 Å². The molecule has 1 amide bonds. The molecule has 2 aromatic heterocycles. The van der Waals surface area contributed by atoms with Gasteiger partial charge in [-0.3, -0.25) is 9.59 Å². The zero-order valence-electron chi connectivity index (χ0n) is 22.9. The van der Waals surface area contributed by atoms with Gasteiger partial charge in [0.15, 0.2) is 12.4 Å². The van der Waals surface area contributed by atoms with Gasteiger partial charge in [-0.25, -0.2) is 19.3 Å². The van der Waals surface area contributed by atoms with Crippen LogP contribution in [0.15, 0.2) is 36.5 Å². The Labute approximate surface area is 235 Å². The summed E-state index contributed by atoms with van der Waals surface area (Å²) in [5.74, 6) is -4.07. The van der Waals surface area contributed by atoms with Crippen molar-refractivity contribution >= 4 is 17.8 Å². The van der Waals surface area contributed by atoms with E-state index >= 15 is 0 Å². The van der Waals surface area contributed by atoms with E-state index in [1.54, 1.807) is 18.3 Å². The van der Waals surface area contributed by atoms with Crippen molar-refractivity contribution in [2.45, 2.75) is 19.1 Å². The first kappa shape index (κ1) is 29.5. The highest BCUT2D eigenvalue weighted by molar-refractivity contribution is 5.85. The number of nitrogens with one attached hydrogen (secondary N) is 2. The number of imidazole rings is 1. The van der Waals surface area contributed by atoms with Crippen LogP contribution < -0.4 is 11.1 Å². The molecule has 1 saturated heterocycles. The number of esters is 1. The van der Waals surface area contributed by atoms with Crippen LogP contribution in [0.4, 0.5) is 10.3 Å². The number of nitriles is 1. The van der Waals surface area contributed by atoms with Gasteiger partial charge in [0.25, 0.3) is 5.91 Å². The van der Waals surface area contributed by atoms with Crippen LogP contribution in [0.5, 0.6) is 0 Å². The number of nitrogens with zero attached hydrogens (tertiary/aromatic N) is 5. The van der Waals surface area contributed by atoms with Crippen molar-refractivity contribution in [2.75, 3.05) is 52.3 Å². The fourth-order valence-electron chi connectivity index (χ4n) is 4.10. The maximum atomic E-state index is 13.7. The van der Waals surface area contributed by atoms with E-state index in [0.29, 0.717) is 35.1 Å². The number of benzene rings is 1. The molecule has 0 unspecified atom stereocenters. The normalized spacial score (nSPS) is 20.4. The first-order chi connectivity index (χ1) is 19.6. The van der Waals surface area contributed by atoms with E-state index in [0.717, 1.165) is 13.0 Å². The second kappa shape index (κ2) is 12.4. The zero-order valence-corrected chi connectivity index (χ0v) is 22.9. The van der Waals surface area contributed by atoms with Gasteiger partial charge < -0.3 is 35.1 Å². The summed E-state index contributed by atoms with van der Waals surface area (Å²) in [5, 5.41) is 11.9. The molecular weight excluding hydrogens is 535 g/mol. The second-order valence-corrected chi connectivity index (χ2v) is 10.0. The molecule has 0 bridgehead atoms. The Bertz CT molecular complexity index is 1430. The highest BCUT2D eigenvalue weighted by atomic mass is 19.1. The number of ether oxygens (including phenoxy) is 3. The van der Waals surface area contributed by atoms with E-state index in [1.807, 2.05) is 14.1 Å². The number of anilines is 1. The lowest BCUT2D eigenvalue weighted by molar-refractivity contribution is -0.293. The molecule has 3 heterocycles. The van der Waals surface area contributed by atoms with Gasteiger partial charge in [0, 0.05) is 18.3 Å². The number of carbonyl (C=O) groups is 2. The standard InChI is InChI=1S/C27H31FN8O5/c1-26(24(38)39-14-10-29)15-40-27(22(30)37,41-16-26)23-34-20(17-5-7-18(28)8-6-17)21(35-23)19-9-12-32-25(33-19)31-11-4-13-36(2)3/h5-9,12H,4,11,13-16H2,1-3H3,(H2,30,37)(H,34,35)(H,31,32,33). The molecule has 1 aliphatic rings. The number of halogens is 1. The van der Waals surface area contributed by atoms with Crippen LogP contribution in [0.3, 0.4) is 0 Å². The summed E-state index contributed by atoms with van der Waals surface area (Å²) in [6, 6.07) is 8.99. The fourth-order valence-corrected chi connectivity index (χ4v) is 4.10. The number of carbonyl (C=O) groups excluding carboxylic acids is 2. The van der Waals surface area contributed by atoms with Crippen LogP contribution >= 0.6 is 0 Å². The maximum Gasteiger partial charge on any atom is 0.317 e. The Morgan fingerprint density at radius 1 is 1.22 bits per heavy atom. The zero-order chi connectivity index (χ0) is 29.6. The van der Waals surface area contributed by atoms with Crippen molar-refractivity contribution < 1.29 is 28.2 Å². The van der Waals surface area contributed by atoms with Crippen LogP contribution in [0.2, 0.25) is 0 Å². The lowest BCUT2D eigenvalue weighted by atomic mass is 9.91. The molecule has 0 saturated carbocycles. The number of aromatic nitrogens is 4. The van der Waals surface area contributed by atoms with E-state index in [2.05, 4.69) is 30.2 Å². The van der Waals surface area contributed by atoms with Crippen LogP contribution in [-0.2, 0) is 29.6 Å². The summed E-state index contributed by atoms with van der Waals surface area (Å²) >= 11 is 0. The molecule has 41 heavy (non-hydrogen) atoms. The van der Waals surface area contributed by atoms with Crippen LogP contribution in [0, 0.1) is 22.6 Å². The molecule has 13 nitrogen and oxygen atoms in total. The summed E-state index contributed by atoms with van der Waals surface area (Å²) in [4.78, 5) is 43.9. The molecule has 1 fully saturated rings. The molecule has 14 heteroatoms. The monoisotopic (exact) mass is 566 g/mol. The molecular formula is C27H31FN8O5. The smallest absolute Gasteiger partial charge is 0.317 e.